The number of esters is 1. The number of methoxy groups -OCH3 is 1. The van der Waals surface area contributed by atoms with E-state index >= 15 is 0 Å². The third-order valence-electron chi connectivity index (χ3n) is 3.67. The van der Waals surface area contributed by atoms with Crippen molar-refractivity contribution in [3.05, 3.63) is 60.8 Å². The van der Waals surface area contributed by atoms with Crippen molar-refractivity contribution in [3.8, 4) is 11.3 Å². The second-order valence-electron chi connectivity index (χ2n) is 5.19. The average molecular weight is 445 g/mol. The van der Waals surface area contributed by atoms with Crippen molar-refractivity contribution < 1.29 is 9.53 Å². The molecule has 2 aromatic rings. The molecule has 24 heavy (non-hydrogen) atoms. The number of hydrogen-bond acceptors (Lipinski definition) is 4. The number of allylic oxidation sites excluding steroid dienone is 3. The fourth-order valence-electron chi connectivity index (χ4n) is 2.41. The first-order valence-electron chi connectivity index (χ1n) is 7.05. The van der Waals surface area contributed by atoms with Crippen molar-refractivity contribution in [2.45, 2.75) is 12.3 Å². The maximum absolute atomic E-state index is 11.9. The van der Waals surface area contributed by atoms with Crippen LogP contribution in [-0.4, -0.2) is 18.1 Å². The van der Waals surface area contributed by atoms with Gasteiger partial charge < -0.3 is 4.74 Å². The summed E-state index contributed by atoms with van der Waals surface area (Å²) >= 11 is 17.0. The lowest BCUT2D eigenvalue weighted by Crippen LogP contribution is -2.12. The summed E-state index contributed by atoms with van der Waals surface area (Å²) in [4.78, 5) is 16.6. The SMILES string of the molecule is COC(=O)C1=C(Br)C=CC(c2nc(-c3ccc(Cl)c(Cl)c3)cs2)C1. The quantitative estimate of drug-likeness (QED) is 0.546. The first kappa shape index (κ1) is 17.7. The number of halogens is 3. The topological polar surface area (TPSA) is 39.2 Å². The molecule has 0 amide bonds. The molecule has 1 unspecified atom stereocenters. The van der Waals surface area contributed by atoms with E-state index in [0.29, 0.717) is 22.0 Å². The molecule has 1 aromatic carbocycles. The van der Waals surface area contributed by atoms with Crippen LogP contribution < -0.4 is 0 Å². The van der Waals surface area contributed by atoms with Crippen LogP contribution in [0.3, 0.4) is 0 Å². The molecule has 0 N–H and O–H groups in total. The highest BCUT2D eigenvalue weighted by Gasteiger charge is 2.24. The number of benzene rings is 1. The van der Waals surface area contributed by atoms with Gasteiger partial charge in [-0.2, -0.15) is 0 Å². The second kappa shape index (κ2) is 7.40. The Balaban J connectivity index is 1.85. The van der Waals surface area contributed by atoms with E-state index in [0.717, 1.165) is 20.7 Å². The Hall–Kier alpha value is -1.14. The summed E-state index contributed by atoms with van der Waals surface area (Å²) in [6, 6.07) is 5.45. The molecule has 1 heterocycles. The highest BCUT2D eigenvalue weighted by Crippen LogP contribution is 2.37. The molecule has 1 atom stereocenters. The standard InChI is InChI=1S/C17H12BrCl2NO2S/c1-23-17(22)11-6-10(2-4-12(11)18)16-21-15(8-24-16)9-3-5-13(19)14(20)7-9/h2-5,7-8,10H,6H2,1H3. The lowest BCUT2D eigenvalue weighted by atomic mass is 9.95. The number of thiazole rings is 1. The third kappa shape index (κ3) is 3.59. The van der Waals surface area contributed by atoms with Gasteiger partial charge in [-0.25, -0.2) is 9.78 Å². The van der Waals surface area contributed by atoms with E-state index in [1.807, 2.05) is 23.6 Å². The van der Waals surface area contributed by atoms with Crippen LogP contribution in [0, 0.1) is 0 Å². The number of nitrogens with zero attached hydrogens (tertiary/aromatic N) is 1. The van der Waals surface area contributed by atoms with E-state index < -0.39 is 0 Å². The zero-order valence-electron chi connectivity index (χ0n) is 12.6. The van der Waals surface area contributed by atoms with Crippen molar-refractivity contribution >= 4 is 56.4 Å². The van der Waals surface area contributed by atoms with Crippen molar-refractivity contribution in [2.75, 3.05) is 7.11 Å². The zero-order chi connectivity index (χ0) is 17.3. The molecule has 0 saturated carbocycles. The summed E-state index contributed by atoms with van der Waals surface area (Å²) in [7, 11) is 1.38. The molecule has 0 aliphatic heterocycles. The van der Waals surface area contributed by atoms with Gasteiger partial charge in [0.25, 0.3) is 0 Å². The Morgan fingerprint density at radius 1 is 1.38 bits per heavy atom. The fourth-order valence-corrected chi connectivity index (χ4v) is 4.09. The summed E-state index contributed by atoms with van der Waals surface area (Å²) < 4.78 is 5.59. The van der Waals surface area contributed by atoms with Crippen LogP contribution >= 0.6 is 50.5 Å². The maximum atomic E-state index is 11.9. The van der Waals surface area contributed by atoms with Crippen molar-refractivity contribution in [1.29, 1.82) is 0 Å². The normalized spacial score (nSPS) is 17.2. The van der Waals surface area contributed by atoms with E-state index in [4.69, 9.17) is 32.9 Å². The molecule has 0 fully saturated rings. The molecule has 3 nitrogen and oxygen atoms in total. The van der Waals surface area contributed by atoms with Crippen LogP contribution in [0.5, 0.6) is 0 Å². The van der Waals surface area contributed by atoms with Crippen molar-refractivity contribution in [3.63, 3.8) is 0 Å². The minimum absolute atomic E-state index is 0.0434. The number of ether oxygens (including phenoxy) is 1. The molecule has 0 bridgehead atoms. The van der Waals surface area contributed by atoms with Gasteiger partial charge in [0.15, 0.2) is 0 Å². The summed E-state index contributed by atoms with van der Waals surface area (Å²) in [5, 5.41) is 3.94. The van der Waals surface area contributed by atoms with Crippen molar-refractivity contribution in [2.24, 2.45) is 0 Å². The number of hydrogen-bond donors (Lipinski definition) is 0. The first-order chi connectivity index (χ1) is 11.5. The Bertz CT molecular complexity index is 860. The molecule has 1 aliphatic carbocycles. The highest BCUT2D eigenvalue weighted by atomic mass is 79.9. The van der Waals surface area contributed by atoms with E-state index in [9.17, 15) is 4.79 Å². The fraction of sp³-hybridized carbons (Fsp3) is 0.176. The number of carbonyl (C=O) groups is 1. The molecule has 0 saturated heterocycles. The predicted octanol–water partition coefficient (Wildman–Crippen LogP) is 5.98. The molecule has 1 aliphatic rings. The largest absolute Gasteiger partial charge is 0.466 e. The van der Waals surface area contributed by atoms with Gasteiger partial charge in [-0.15, -0.1) is 11.3 Å². The van der Waals surface area contributed by atoms with E-state index in [1.165, 1.54) is 7.11 Å². The van der Waals surface area contributed by atoms with Gasteiger partial charge in [-0.05, 0) is 18.6 Å². The lowest BCUT2D eigenvalue weighted by Gasteiger charge is -2.17. The number of aromatic nitrogens is 1. The molecule has 0 spiro atoms. The van der Waals surface area contributed by atoms with Gasteiger partial charge in [0.2, 0.25) is 0 Å². The molecular formula is C17H12BrCl2NO2S. The van der Waals surface area contributed by atoms with Crippen LogP contribution in [0.4, 0.5) is 0 Å². The third-order valence-corrected chi connectivity index (χ3v) is 6.13. The number of carbonyl (C=O) groups excluding carboxylic acids is 1. The molecule has 3 rings (SSSR count). The molecular weight excluding hydrogens is 433 g/mol. The van der Waals surface area contributed by atoms with Crippen LogP contribution in [-0.2, 0) is 9.53 Å². The first-order valence-corrected chi connectivity index (χ1v) is 9.48. The van der Waals surface area contributed by atoms with Crippen LogP contribution in [0.2, 0.25) is 10.0 Å². The van der Waals surface area contributed by atoms with Gasteiger partial charge >= 0.3 is 5.97 Å². The Kier molecular flexibility index (Phi) is 5.45. The molecule has 124 valence electrons. The number of rotatable bonds is 3. The summed E-state index contributed by atoms with van der Waals surface area (Å²) in [6.07, 6.45) is 4.46. The van der Waals surface area contributed by atoms with Crippen molar-refractivity contribution in [1.82, 2.24) is 4.98 Å². The van der Waals surface area contributed by atoms with Gasteiger partial charge in [-0.3, -0.25) is 0 Å². The molecule has 1 aromatic heterocycles. The summed E-state index contributed by atoms with van der Waals surface area (Å²) in [5.74, 6) is -0.278. The minimum atomic E-state index is -0.322. The Morgan fingerprint density at radius 3 is 2.88 bits per heavy atom. The van der Waals surface area contributed by atoms with Crippen LogP contribution in [0.1, 0.15) is 17.3 Å². The van der Waals surface area contributed by atoms with Gasteiger partial charge in [-0.1, -0.05) is 57.4 Å². The highest BCUT2D eigenvalue weighted by molar-refractivity contribution is 9.12. The predicted molar refractivity (Wildman–Crippen MR) is 102 cm³/mol. The zero-order valence-corrected chi connectivity index (χ0v) is 16.5. The summed E-state index contributed by atoms with van der Waals surface area (Å²) in [6.45, 7) is 0. The van der Waals surface area contributed by atoms with Crippen LogP contribution in [0.25, 0.3) is 11.3 Å². The summed E-state index contributed by atoms with van der Waals surface area (Å²) in [5.41, 5.74) is 2.38. The van der Waals surface area contributed by atoms with Crippen LogP contribution in [0.15, 0.2) is 45.8 Å². The minimum Gasteiger partial charge on any atom is -0.466 e. The van der Waals surface area contributed by atoms with Gasteiger partial charge in [0.05, 0.1) is 28.4 Å². The second-order valence-corrected chi connectivity index (χ2v) is 7.75. The lowest BCUT2D eigenvalue weighted by molar-refractivity contribution is -0.136. The average Bonchev–Trinajstić information content (AvgIpc) is 3.07. The smallest absolute Gasteiger partial charge is 0.334 e. The van der Waals surface area contributed by atoms with E-state index in [2.05, 4.69) is 15.9 Å². The maximum Gasteiger partial charge on any atom is 0.334 e. The molecule has 0 radical (unpaired) electrons. The van der Waals surface area contributed by atoms with E-state index in [-0.39, 0.29) is 11.9 Å². The van der Waals surface area contributed by atoms with Gasteiger partial charge in [0.1, 0.15) is 5.01 Å². The Labute approximate surface area is 162 Å². The van der Waals surface area contributed by atoms with Gasteiger partial charge in [0, 0.05) is 21.3 Å². The monoisotopic (exact) mass is 443 g/mol. The Morgan fingerprint density at radius 2 is 2.17 bits per heavy atom. The molecule has 7 heteroatoms. The van der Waals surface area contributed by atoms with E-state index in [1.54, 1.807) is 23.5 Å².